The van der Waals surface area contributed by atoms with E-state index in [1.54, 1.807) is 18.5 Å². The number of benzene rings is 1. The third-order valence-corrected chi connectivity index (χ3v) is 6.38. The molecule has 1 aliphatic rings. The van der Waals surface area contributed by atoms with Gasteiger partial charge in [0.2, 0.25) is 0 Å². The summed E-state index contributed by atoms with van der Waals surface area (Å²) < 4.78 is 7.83. The van der Waals surface area contributed by atoms with Crippen molar-refractivity contribution >= 4 is 23.0 Å². The number of para-hydroxylation sites is 2. The third-order valence-electron chi connectivity index (χ3n) is 6.06. The molecule has 0 unspecified atom stereocenters. The fraction of sp³-hybridized carbons (Fsp3) is 0.200. The lowest BCUT2D eigenvalue weighted by atomic mass is 9.96. The number of nitrogens with one attached hydrogen (secondary N) is 1. The molecule has 2 atom stereocenters. The zero-order valence-corrected chi connectivity index (χ0v) is 18.7. The van der Waals surface area contributed by atoms with Crippen molar-refractivity contribution < 1.29 is 9.52 Å². The van der Waals surface area contributed by atoms with Crippen LogP contribution in [0.2, 0.25) is 0 Å². The first-order valence-electron chi connectivity index (χ1n) is 10.5. The molecular formula is C25H24N4O2S. The first kappa shape index (κ1) is 20.3. The lowest BCUT2D eigenvalue weighted by Crippen LogP contribution is -2.29. The summed E-state index contributed by atoms with van der Waals surface area (Å²) in [7, 11) is 0. The number of furan rings is 1. The molecule has 5 rings (SSSR count). The molecule has 1 aliphatic heterocycles. The van der Waals surface area contributed by atoms with Crippen LogP contribution in [0.15, 0.2) is 77.5 Å². The first-order valence-corrected chi connectivity index (χ1v) is 10.9. The molecule has 0 radical (unpaired) electrons. The fourth-order valence-electron chi connectivity index (χ4n) is 4.53. The highest BCUT2D eigenvalue weighted by atomic mass is 32.1. The van der Waals surface area contributed by atoms with Crippen molar-refractivity contribution in [1.82, 2.24) is 14.9 Å². The van der Waals surface area contributed by atoms with Gasteiger partial charge in [-0.3, -0.25) is 4.98 Å². The smallest absolute Gasteiger partial charge is 0.174 e. The van der Waals surface area contributed by atoms with Gasteiger partial charge in [0.1, 0.15) is 11.5 Å². The van der Waals surface area contributed by atoms with Crippen LogP contribution in [-0.2, 0) is 6.54 Å². The molecular weight excluding hydrogens is 420 g/mol. The maximum Gasteiger partial charge on any atom is 0.174 e. The summed E-state index contributed by atoms with van der Waals surface area (Å²) in [5.41, 5.74) is 4.94. The van der Waals surface area contributed by atoms with Gasteiger partial charge in [-0.05, 0) is 74.1 Å². The van der Waals surface area contributed by atoms with Crippen molar-refractivity contribution in [2.24, 2.45) is 0 Å². The predicted molar refractivity (Wildman–Crippen MR) is 128 cm³/mol. The van der Waals surface area contributed by atoms with E-state index < -0.39 is 0 Å². The van der Waals surface area contributed by atoms with Gasteiger partial charge < -0.3 is 24.3 Å². The van der Waals surface area contributed by atoms with Crippen molar-refractivity contribution in [3.63, 3.8) is 0 Å². The number of aromatic hydroxyl groups is 1. The molecule has 4 heterocycles. The van der Waals surface area contributed by atoms with E-state index in [0.29, 0.717) is 17.3 Å². The quantitative estimate of drug-likeness (QED) is 0.421. The van der Waals surface area contributed by atoms with E-state index >= 15 is 0 Å². The number of aryl methyl sites for hydroxylation is 1. The van der Waals surface area contributed by atoms with Gasteiger partial charge in [0.15, 0.2) is 5.11 Å². The molecule has 6 nitrogen and oxygen atoms in total. The highest BCUT2D eigenvalue weighted by Crippen LogP contribution is 2.45. The van der Waals surface area contributed by atoms with E-state index in [4.69, 9.17) is 16.6 Å². The number of thiocarbonyl (C=S) groups is 1. The summed E-state index contributed by atoms with van der Waals surface area (Å²) in [6, 6.07) is 18.9. The van der Waals surface area contributed by atoms with Crippen LogP contribution in [-0.4, -0.2) is 19.8 Å². The molecule has 162 valence electrons. The third kappa shape index (κ3) is 3.44. The Kier molecular flexibility index (Phi) is 5.19. The highest BCUT2D eigenvalue weighted by molar-refractivity contribution is 7.80. The Balaban J connectivity index is 1.65. The minimum Gasteiger partial charge on any atom is -0.506 e. The van der Waals surface area contributed by atoms with Gasteiger partial charge >= 0.3 is 0 Å². The standard InChI is InChI=1S/C25H24N4O2S/c1-16-14-19(17(2)28(16)15-18-8-7-13-31-18)24-23(20-9-5-6-12-26-20)27-25(32)29(24)21-10-3-4-11-22(21)30/h3-14,23-24,30H,15H2,1-2H3,(H,27,32)/t23-,24+/m1/s1. The average molecular weight is 445 g/mol. The number of hydrogen-bond acceptors (Lipinski definition) is 4. The van der Waals surface area contributed by atoms with Crippen molar-refractivity contribution in [3.05, 3.63) is 102 Å². The van der Waals surface area contributed by atoms with E-state index in [1.807, 2.05) is 53.4 Å². The normalized spacial score (nSPS) is 18.2. The van der Waals surface area contributed by atoms with Crippen molar-refractivity contribution in [2.45, 2.75) is 32.5 Å². The Labute approximate surface area is 192 Å². The number of phenolic OH excluding ortho intramolecular Hbond substituents is 1. The van der Waals surface area contributed by atoms with Crippen LogP contribution in [0.5, 0.6) is 5.75 Å². The molecule has 3 aromatic heterocycles. The number of rotatable bonds is 5. The lowest BCUT2D eigenvalue weighted by molar-refractivity contribution is 0.472. The molecule has 0 bridgehead atoms. The highest BCUT2D eigenvalue weighted by Gasteiger charge is 2.43. The summed E-state index contributed by atoms with van der Waals surface area (Å²) in [5, 5.41) is 14.7. The molecule has 1 fully saturated rings. The molecule has 4 aromatic rings. The Morgan fingerprint density at radius 1 is 1.09 bits per heavy atom. The van der Waals surface area contributed by atoms with Crippen LogP contribution in [0, 0.1) is 13.8 Å². The number of nitrogens with zero attached hydrogens (tertiary/aromatic N) is 3. The van der Waals surface area contributed by atoms with Crippen LogP contribution in [0.1, 0.15) is 40.5 Å². The maximum absolute atomic E-state index is 10.6. The predicted octanol–water partition coefficient (Wildman–Crippen LogP) is 5.02. The van der Waals surface area contributed by atoms with Crippen molar-refractivity contribution in [3.8, 4) is 5.75 Å². The zero-order chi connectivity index (χ0) is 22.2. The second-order valence-corrected chi connectivity index (χ2v) is 8.36. The second kappa shape index (κ2) is 8.16. The van der Waals surface area contributed by atoms with Gasteiger partial charge in [0.05, 0.1) is 36.3 Å². The summed E-state index contributed by atoms with van der Waals surface area (Å²) in [6.45, 7) is 4.87. The van der Waals surface area contributed by atoms with Crippen molar-refractivity contribution in [1.29, 1.82) is 0 Å². The summed E-state index contributed by atoms with van der Waals surface area (Å²) in [6.07, 6.45) is 3.49. The lowest BCUT2D eigenvalue weighted by Gasteiger charge is -2.28. The van der Waals surface area contributed by atoms with Gasteiger partial charge in [-0.15, -0.1) is 0 Å². The number of anilines is 1. The molecule has 32 heavy (non-hydrogen) atoms. The Morgan fingerprint density at radius 2 is 1.91 bits per heavy atom. The molecule has 0 saturated carbocycles. The summed E-state index contributed by atoms with van der Waals surface area (Å²) in [5.74, 6) is 1.09. The molecule has 0 spiro atoms. The Hall–Kier alpha value is -3.58. The van der Waals surface area contributed by atoms with Crippen LogP contribution in [0.3, 0.4) is 0 Å². The van der Waals surface area contributed by atoms with E-state index in [9.17, 15) is 5.11 Å². The SMILES string of the molecule is Cc1cc([C@H]2[C@@H](c3ccccn3)NC(=S)N2c2ccccc2O)c(C)n1Cc1ccco1. The van der Waals surface area contributed by atoms with Crippen LogP contribution in [0.25, 0.3) is 0 Å². The van der Waals surface area contributed by atoms with Crippen molar-refractivity contribution in [2.75, 3.05) is 4.90 Å². The average Bonchev–Trinajstić information content (AvgIpc) is 3.50. The zero-order valence-electron chi connectivity index (χ0n) is 17.9. The van der Waals surface area contributed by atoms with Gasteiger partial charge in [-0.25, -0.2) is 0 Å². The number of hydrogen-bond donors (Lipinski definition) is 2. The van der Waals surface area contributed by atoms with E-state index in [1.165, 1.54) is 0 Å². The largest absolute Gasteiger partial charge is 0.506 e. The van der Waals surface area contributed by atoms with Crippen LogP contribution >= 0.6 is 12.2 Å². The Bertz CT molecular complexity index is 1250. The molecule has 1 aromatic carbocycles. The van der Waals surface area contributed by atoms with E-state index in [-0.39, 0.29) is 17.8 Å². The molecule has 7 heteroatoms. The van der Waals surface area contributed by atoms with Gasteiger partial charge in [-0.1, -0.05) is 18.2 Å². The summed E-state index contributed by atoms with van der Waals surface area (Å²) >= 11 is 5.77. The topological polar surface area (TPSA) is 66.5 Å². The van der Waals surface area contributed by atoms with Gasteiger partial charge in [0.25, 0.3) is 0 Å². The minimum atomic E-state index is -0.178. The van der Waals surface area contributed by atoms with Crippen LogP contribution in [0.4, 0.5) is 5.69 Å². The fourth-order valence-corrected chi connectivity index (χ4v) is 4.87. The maximum atomic E-state index is 10.6. The molecule has 2 N–H and O–H groups in total. The first-order chi connectivity index (χ1) is 15.5. The monoisotopic (exact) mass is 444 g/mol. The van der Waals surface area contributed by atoms with E-state index in [0.717, 1.165) is 28.4 Å². The Morgan fingerprint density at radius 3 is 2.62 bits per heavy atom. The second-order valence-electron chi connectivity index (χ2n) is 7.98. The molecule has 0 aliphatic carbocycles. The summed E-state index contributed by atoms with van der Waals surface area (Å²) in [4.78, 5) is 6.61. The number of phenols is 1. The molecule has 0 amide bonds. The van der Waals surface area contributed by atoms with Gasteiger partial charge in [0, 0.05) is 17.6 Å². The molecule has 1 saturated heterocycles. The van der Waals surface area contributed by atoms with Gasteiger partial charge in [-0.2, -0.15) is 0 Å². The van der Waals surface area contributed by atoms with Crippen LogP contribution < -0.4 is 10.2 Å². The minimum absolute atomic E-state index is 0.166. The van der Waals surface area contributed by atoms with E-state index in [2.05, 4.69) is 34.8 Å². The number of pyridine rings is 1. The number of aromatic nitrogens is 2.